The van der Waals surface area contributed by atoms with Crippen LogP contribution in [0.25, 0.3) is 0 Å². The Balaban J connectivity index is 1.83. The van der Waals surface area contributed by atoms with Crippen LogP contribution in [0.15, 0.2) is 53.0 Å². The highest BCUT2D eigenvalue weighted by Gasteiger charge is 2.08. The number of nitrogens with two attached hydrogens (primary N) is 1. The molecule has 21 heavy (non-hydrogen) atoms. The summed E-state index contributed by atoms with van der Waals surface area (Å²) in [6.45, 7) is 0. The molecular weight excluding hydrogens is 326 g/mol. The van der Waals surface area contributed by atoms with E-state index in [4.69, 9.17) is 10.5 Å². The van der Waals surface area contributed by atoms with E-state index in [-0.39, 0.29) is 6.04 Å². The summed E-state index contributed by atoms with van der Waals surface area (Å²) >= 11 is 3.58. The third kappa shape index (κ3) is 5.18. The highest BCUT2D eigenvalue weighted by molar-refractivity contribution is 9.10. The molecule has 0 spiro atoms. The van der Waals surface area contributed by atoms with Crippen molar-refractivity contribution in [3.63, 3.8) is 0 Å². The summed E-state index contributed by atoms with van der Waals surface area (Å²) in [5.41, 5.74) is 8.86. The number of halogens is 1. The van der Waals surface area contributed by atoms with Gasteiger partial charge in [-0.15, -0.1) is 0 Å². The van der Waals surface area contributed by atoms with Crippen LogP contribution in [0.1, 0.15) is 24.0 Å². The highest BCUT2D eigenvalue weighted by Crippen LogP contribution is 2.24. The van der Waals surface area contributed by atoms with Crippen LogP contribution in [0.4, 0.5) is 0 Å². The summed E-state index contributed by atoms with van der Waals surface area (Å²) in [6, 6.07) is 16.8. The van der Waals surface area contributed by atoms with Crippen molar-refractivity contribution in [2.24, 2.45) is 5.73 Å². The van der Waals surface area contributed by atoms with Crippen molar-refractivity contribution in [1.82, 2.24) is 0 Å². The lowest BCUT2D eigenvalue weighted by molar-refractivity contribution is 0.414. The number of hydrogen-bond acceptors (Lipinski definition) is 2. The molecule has 0 saturated heterocycles. The number of hydrogen-bond donors (Lipinski definition) is 1. The van der Waals surface area contributed by atoms with E-state index in [1.807, 2.05) is 12.1 Å². The molecule has 0 aliphatic carbocycles. The maximum atomic E-state index is 6.27. The zero-order chi connectivity index (χ0) is 15.1. The monoisotopic (exact) mass is 347 g/mol. The van der Waals surface area contributed by atoms with Gasteiger partial charge in [-0.1, -0.05) is 46.3 Å². The Morgan fingerprint density at radius 2 is 1.90 bits per heavy atom. The van der Waals surface area contributed by atoms with Gasteiger partial charge in [0.1, 0.15) is 5.75 Å². The predicted molar refractivity (Wildman–Crippen MR) is 91.8 cm³/mol. The maximum absolute atomic E-state index is 6.27. The molecular formula is C18H22BrNO. The van der Waals surface area contributed by atoms with E-state index in [1.54, 1.807) is 7.11 Å². The van der Waals surface area contributed by atoms with E-state index < -0.39 is 0 Å². The summed E-state index contributed by atoms with van der Waals surface area (Å²) in [5, 5.41) is 0. The van der Waals surface area contributed by atoms with Crippen molar-refractivity contribution >= 4 is 15.9 Å². The van der Waals surface area contributed by atoms with Crippen molar-refractivity contribution in [3.05, 3.63) is 64.1 Å². The molecule has 2 N–H and O–H groups in total. The first-order chi connectivity index (χ1) is 10.2. The number of benzene rings is 2. The van der Waals surface area contributed by atoms with Gasteiger partial charge in [-0.05, 0) is 55.0 Å². The molecule has 3 heteroatoms. The van der Waals surface area contributed by atoms with Crippen molar-refractivity contribution in [2.75, 3.05) is 7.11 Å². The van der Waals surface area contributed by atoms with Crippen LogP contribution in [0.3, 0.4) is 0 Å². The van der Waals surface area contributed by atoms with Gasteiger partial charge in [0.15, 0.2) is 0 Å². The molecule has 0 fully saturated rings. The van der Waals surface area contributed by atoms with Crippen LogP contribution >= 0.6 is 15.9 Å². The third-order valence-corrected chi connectivity index (χ3v) is 4.39. The second kappa shape index (κ2) is 8.20. The zero-order valence-electron chi connectivity index (χ0n) is 12.4. The quantitative estimate of drug-likeness (QED) is 0.807. The predicted octanol–water partition coefficient (Wildman–Crippen LogP) is 4.35. The third-order valence-electron chi connectivity index (χ3n) is 3.62. The number of aryl methyl sites for hydroxylation is 1. The average Bonchev–Trinajstić information content (AvgIpc) is 2.50. The Hall–Kier alpha value is -1.32. The van der Waals surface area contributed by atoms with Crippen LogP contribution < -0.4 is 10.5 Å². The molecule has 0 bridgehead atoms. The van der Waals surface area contributed by atoms with Gasteiger partial charge in [-0.25, -0.2) is 0 Å². The van der Waals surface area contributed by atoms with Crippen molar-refractivity contribution in [1.29, 1.82) is 0 Å². The first-order valence-corrected chi connectivity index (χ1v) is 8.10. The molecule has 2 aromatic rings. The fraction of sp³-hybridized carbons (Fsp3) is 0.333. The van der Waals surface area contributed by atoms with Crippen LogP contribution in [-0.4, -0.2) is 13.2 Å². The second-order valence-electron chi connectivity index (χ2n) is 5.30. The summed E-state index contributed by atoms with van der Waals surface area (Å²) in [6.07, 6.45) is 4.10. The topological polar surface area (TPSA) is 35.2 Å². The van der Waals surface area contributed by atoms with Gasteiger partial charge in [-0.3, -0.25) is 0 Å². The number of methoxy groups -OCH3 is 1. The molecule has 0 heterocycles. The van der Waals surface area contributed by atoms with E-state index in [9.17, 15) is 0 Å². The van der Waals surface area contributed by atoms with Crippen LogP contribution in [0.2, 0.25) is 0 Å². The summed E-state index contributed by atoms with van der Waals surface area (Å²) < 4.78 is 6.37. The van der Waals surface area contributed by atoms with Gasteiger partial charge in [-0.2, -0.15) is 0 Å². The molecule has 0 aliphatic rings. The van der Waals surface area contributed by atoms with E-state index >= 15 is 0 Å². The number of ether oxygens (including phenoxy) is 1. The standard InChI is InChI=1S/C18H22BrNO/c1-21-17-10-11-18(19)15(13-17)12-16(20)9-5-8-14-6-3-2-4-7-14/h2-4,6-7,10-11,13,16H,5,8-9,12,20H2,1H3. The normalized spacial score (nSPS) is 12.1. The Bertz CT molecular complexity index is 556. The number of rotatable bonds is 7. The van der Waals surface area contributed by atoms with E-state index in [0.29, 0.717) is 0 Å². The molecule has 1 atom stereocenters. The van der Waals surface area contributed by atoms with E-state index in [0.717, 1.165) is 35.9 Å². The molecule has 0 aliphatic heterocycles. The molecule has 112 valence electrons. The van der Waals surface area contributed by atoms with Gasteiger partial charge in [0.2, 0.25) is 0 Å². The van der Waals surface area contributed by atoms with Crippen molar-refractivity contribution in [2.45, 2.75) is 31.7 Å². The van der Waals surface area contributed by atoms with Gasteiger partial charge in [0.05, 0.1) is 7.11 Å². The Morgan fingerprint density at radius 1 is 1.14 bits per heavy atom. The molecule has 2 nitrogen and oxygen atoms in total. The summed E-state index contributed by atoms with van der Waals surface area (Å²) in [4.78, 5) is 0. The van der Waals surface area contributed by atoms with Gasteiger partial charge in [0, 0.05) is 10.5 Å². The second-order valence-corrected chi connectivity index (χ2v) is 6.15. The molecule has 0 radical (unpaired) electrons. The minimum atomic E-state index is 0.178. The Kier molecular flexibility index (Phi) is 6.27. The van der Waals surface area contributed by atoms with Crippen LogP contribution in [0.5, 0.6) is 5.75 Å². The molecule has 0 amide bonds. The SMILES string of the molecule is COc1ccc(Br)c(CC(N)CCCc2ccccc2)c1. The minimum Gasteiger partial charge on any atom is -0.497 e. The van der Waals surface area contributed by atoms with E-state index in [1.165, 1.54) is 11.1 Å². The van der Waals surface area contributed by atoms with Crippen LogP contribution in [0, 0.1) is 0 Å². The zero-order valence-corrected chi connectivity index (χ0v) is 14.0. The molecule has 1 unspecified atom stereocenters. The summed E-state index contributed by atoms with van der Waals surface area (Å²) in [5.74, 6) is 0.879. The smallest absolute Gasteiger partial charge is 0.119 e. The Morgan fingerprint density at radius 3 is 2.62 bits per heavy atom. The first-order valence-electron chi connectivity index (χ1n) is 7.31. The molecule has 0 saturated carbocycles. The average molecular weight is 348 g/mol. The van der Waals surface area contributed by atoms with Gasteiger partial charge < -0.3 is 10.5 Å². The van der Waals surface area contributed by atoms with Gasteiger partial charge in [0.25, 0.3) is 0 Å². The fourth-order valence-electron chi connectivity index (χ4n) is 2.43. The van der Waals surface area contributed by atoms with Crippen LogP contribution in [-0.2, 0) is 12.8 Å². The largest absolute Gasteiger partial charge is 0.497 e. The first kappa shape index (κ1) is 16.1. The van der Waals surface area contributed by atoms with Gasteiger partial charge >= 0.3 is 0 Å². The maximum Gasteiger partial charge on any atom is 0.119 e. The summed E-state index contributed by atoms with van der Waals surface area (Å²) in [7, 11) is 1.69. The molecule has 2 aromatic carbocycles. The lowest BCUT2D eigenvalue weighted by atomic mass is 10.00. The highest BCUT2D eigenvalue weighted by atomic mass is 79.9. The van der Waals surface area contributed by atoms with Crippen molar-refractivity contribution < 1.29 is 4.74 Å². The fourth-order valence-corrected chi connectivity index (χ4v) is 2.84. The lowest BCUT2D eigenvalue weighted by Crippen LogP contribution is -2.23. The minimum absolute atomic E-state index is 0.178. The molecule has 0 aromatic heterocycles. The van der Waals surface area contributed by atoms with E-state index in [2.05, 4.69) is 52.3 Å². The lowest BCUT2D eigenvalue weighted by Gasteiger charge is -2.14. The molecule has 2 rings (SSSR count). The Labute approximate surface area is 135 Å². The van der Waals surface area contributed by atoms with Crippen molar-refractivity contribution in [3.8, 4) is 5.75 Å².